The van der Waals surface area contributed by atoms with Gasteiger partial charge in [0.15, 0.2) is 0 Å². The lowest BCUT2D eigenvalue weighted by Gasteiger charge is -2.18. The zero-order valence-electron chi connectivity index (χ0n) is 12.4. The highest BCUT2D eigenvalue weighted by Gasteiger charge is 2.09. The van der Waals surface area contributed by atoms with E-state index in [1.165, 1.54) is 22.3 Å². The largest absolute Gasteiger partial charge is 0.387 e. The summed E-state index contributed by atoms with van der Waals surface area (Å²) in [5, 5.41) is 3.36. The number of dihydropyridines is 1. The Morgan fingerprint density at radius 3 is 2.74 bits per heavy atom. The maximum Gasteiger partial charge on any atom is 0.0713 e. The fourth-order valence-electron chi connectivity index (χ4n) is 2.28. The van der Waals surface area contributed by atoms with E-state index < -0.39 is 0 Å². The molecule has 0 saturated carbocycles. The van der Waals surface area contributed by atoms with Crippen molar-refractivity contribution in [2.24, 2.45) is 11.5 Å². The van der Waals surface area contributed by atoms with Crippen LogP contribution in [0.3, 0.4) is 0 Å². The molecular formula is C16H27N3. The van der Waals surface area contributed by atoms with Gasteiger partial charge >= 0.3 is 0 Å². The molecule has 19 heavy (non-hydrogen) atoms. The van der Waals surface area contributed by atoms with Crippen molar-refractivity contribution < 1.29 is 0 Å². The van der Waals surface area contributed by atoms with E-state index in [0.717, 1.165) is 25.8 Å². The van der Waals surface area contributed by atoms with Gasteiger partial charge in [-0.3, -0.25) is 0 Å². The molecule has 0 radical (unpaired) electrons. The minimum atomic E-state index is -0.361. The van der Waals surface area contributed by atoms with Crippen molar-refractivity contribution in [2.75, 3.05) is 6.54 Å². The summed E-state index contributed by atoms with van der Waals surface area (Å²) in [5.74, 6) is 0. The van der Waals surface area contributed by atoms with Crippen molar-refractivity contribution in [3.63, 3.8) is 0 Å². The smallest absolute Gasteiger partial charge is 0.0713 e. The van der Waals surface area contributed by atoms with Gasteiger partial charge in [0.25, 0.3) is 0 Å². The normalized spacial score (nSPS) is 17.2. The standard InChI is InChI=1S/C16H27N3/c1-4-13-9-14(11-19-10-13)15(5-2)12(3)7-6-8-16(17)18/h6,8-9,11,16,19H,4-5,7,10,17-18H2,1-3H3/b8-6-,15-12+. The molecular weight excluding hydrogens is 234 g/mol. The zero-order valence-corrected chi connectivity index (χ0v) is 12.4. The summed E-state index contributed by atoms with van der Waals surface area (Å²) in [7, 11) is 0. The third-order valence-electron chi connectivity index (χ3n) is 3.40. The maximum absolute atomic E-state index is 5.51. The van der Waals surface area contributed by atoms with Crippen molar-refractivity contribution in [1.29, 1.82) is 0 Å². The first kappa shape index (κ1) is 15.7. The summed E-state index contributed by atoms with van der Waals surface area (Å²) in [6, 6.07) is 0. The fourth-order valence-corrected chi connectivity index (χ4v) is 2.28. The van der Waals surface area contributed by atoms with E-state index in [4.69, 9.17) is 11.5 Å². The van der Waals surface area contributed by atoms with Crippen molar-refractivity contribution >= 4 is 0 Å². The summed E-state index contributed by atoms with van der Waals surface area (Å²) < 4.78 is 0. The third-order valence-corrected chi connectivity index (χ3v) is 3.40. The minimum absolute atomic E-state index is 0.361. The molecule has 0 fully saturated rings. The van der Waals surface area contributed by atoms with E-state index in [-0.39, 0.29) is 6.17 Å². The minimum Gasteiger partial charge on any atom is -0.387 e. The van der Waals surface area contributed by atoms with Gasteiger partial charge in [-0.05, 0) is 37.3 Å². The van der Waals surface area contributed by atoms with E-state index in [9.17, 15) is 0 Å². The number of hydrogen-bond acceptors (Lipinski definition) is 3. The lowest BCUT2D eigenvalue weighted by Crippen LogP contribution is -2.27. The summed E-state index contributed by atoms with van der Waals surface area (Å²) in [6.07, 6.45) is 11.0. The molecule has 3 nitrogen and oxygen atoms in total. The molecule has 0 aromatic rings. The van der Waals surface area contributed by atoms with Gasteiger partial charge in [-0.15, -0.1) is 0 Å². The second kappa shape index (κ2) is 7.97. The monoisotopic (exact) mass is 261 g/mol. The van der Waals surface area contributed by atoms with Crippen LogP contribution in [0.4, 0.5) is 0 Å². The zero-order chi connectivity index (χ0) is 14.3. The Hall–Kier alpha value is -1.32. The Balaban J connectivity index is 2.86. The van der Waals surface area contributed by atoms with Crippen LogP contribution in [0, 0.1) is 0 Å². The van der Waals surface area contributed by atoms with Crippen molar-refractivity contribution in [3.05, 3.63) is 46.7 Å². The van der Waals surface area contributed by atoms with Gasteiger partial charge < -0.3 is 16.8 Å². The highest BCUT2D eigenvalue weighted by atomic mass is 14.8. The van der Waals surface area contributed by atoms with Crippen LogP contribution in [0.15, 0.2) is 46.7 Å². The van der Waals surface area contributed by atoms with Crippen LogP contribution in [0.2, 0.25) is 0 Å². The fraction of sp³-hybridized carbons (Fsp3) is 0.500. The molecule has 3 heteroatoms. The number of nitrogens with one attached hydrogen (secondary N) is 1. The number of hydrogen-bond donors (Lipinski definition) is 3. The van der Waals surface area contributed by atoms with Crippen LogP contribution in [-0.4, -0.2) is 12.7 Å². The van der Waals surface area contributed by atoms with Crippen molar-refractivity contribution in [1.82, 2.24) is 5.32 Å². The highest BCUT2D eigenvalue weighted by Crippen LogP contribution is 2.24. The molecule has 0 aliphatic carbocycles. The van der Waals surface area contributed by atoms with Gasteiger partial charge in [-0.1, -0.05) is 43.2 Å². The van der Waals surface area contributed by atoms with Gasteiger partial charge in [0.2, 0.25) is 0 Å². The molecule has 0 saturated heterocycles. The van der Waals surface area contributed by atoms with Crippen LogP contribution < -0.4 is 16.8 Å². The predicted molar refractivity (Wildman–Crippen MR) is 83.4 cm³/mol. The second-order valence-corrected chi connectivity index (χ2v) is 4.96. The van der Waals surface area contributed by atoms with E-state index in [2.05, 4.69) is 44.4 Å². The SMILES string of the molecule is CCC1=CC(/C(CC)=C(\C)C/C=C\C(N)N)=CNC1. The first-order valence-electron chi connectivity index (χ1n) is 7.08. The van der Waals surface area contributed by atoms with Gasteiger partial charge in [-0.2, -0.15) is 0 Å². The van der Waals surface area contributed by atoms with Crippen LogP contribution in [0.1, 0.15) is 40.0 Å². The van der Waals surface area contributed by atoms with Crippen LogP contribution in [-0.2, 0) is 0 Å². The van der Waals surface area contributed by atoms with Crippen LogP contribution in [0.25, 0.3) is 0 Å². The molecule has 0 unspecified atom stereocenters. The third kappa shape index (κ3) is 5.05. The molecule has 1 aliphatic rings. The van der Waals surface area contributed by atoms with Gasteiger partial charge in [0, 0.05) is 12.7 Å². The lowest BCUT2D eigenvalue weighted by molar-refractivity contribution is 0.854. The average molecular weight is 261 g/mol. The molecule has 1 rings (SSSR count). The first-order valence-corrected chi connectivity index (χ1v) is 7.08. The highest BCUT2D eigenvalue weighted by molar-refractivity contribution is 5.45. The topological polar surface area (TPSA) is 64.1 Å². The Labute approximate surface area is 117 Å². The molecule has 106 valence electrons. The van der Waals surface area contributed by atoms with Crippen molar-refractivity contribution in [3.8, 4) is 0 Å². The summed E-state index contributed by atoms with van der Waals surface area (Å²) in [6.45, 7) is 7.55. The maximum atomic E-state index is 5.51. The molecule has 1 aliphatic heterocycles. The summed E-state index contributed by atoms with van der Waals surface area (Å²) in [4.78, 5) is 0. The van der Waals surface area contributed by atoms with E-state index in [1.54, 1.807) is 0 Å². The molecule has 0 amide bonds. The molecule has 0 aromatic heterocycles. The Morgan fingerprint density at radius 1 is 1.42 bits per heavy atom. The molecule has 0 spiro atoms. The molecule has 0 aromatic carbocycles. The van der Waals surface area contributed by atoms with Crippen molar-refractivity contribution in [2.45, 2.75) is 46.2 Å². The Kier molecular flexibility index (Phi) is 6.60. The van der Waals surface area contributed by atoms with Gasteiger partial charge in [0.05, 0.1) is 6.17 Å². The summed E-state index contributed by atoms with van der Waals surface area (Å²) >= 11 is 0. The number of allylic oxidation sites excluding steroid dienone is 5. The number of nitrogens with two attached hydrogens (primary N) is 2. The second-order valence-electron chi connectivity index (χ2n) is 4.96. The Morgan fingerprint density at radius 2 is 2.16 bits per heavy atom. The first-order chi connectivity index (χ1) is 9.08. The van der Waals surface area contributed by atoms with E-state index in [1.807, 2.05) is 6.08 Å². The summed E-state index contributed by atoms with van der Waals surface area (Å²) in [5.41, 5.74) is 16.6. The van der Waals surface area contributed by atoms with E-state index in [0.29, 0.717) is 0 Å². The number of rotatable bonds is 6. The van der Waals surface area contributed by atoms with Crippen LogP contribution in [0.5, 0.6) is 0 Å². The van der Waals surface area contributed by atoms with E-state index >= 15 is 0 Å². The van der Waals surface area contributed by atoms with Gasteiger partial charge in [0.1, 0.15) is 0 Å². The molecule has 1 heterocycles. The predicted octanol–water partition coefficient (Wildman–Crippen LogP) is 2.73. The average Bonchev–Trinajstić information content (AvgIpc) is 2.39. The van der Waals surface area contributed by atoms with Crippen LogP contribution >= 0.6 is 0 Å². The quantitative estimate of drug-likeness (QED) is 0.509. The Bertz CT molecular complexity index is 412. The molecule has 0 bridgehead atoms. The van der Waals surface area contributed by atoms with Gasteiger partial charge in [-0.25, -0.2) is 0 Å². The lowest BCUT2D eigenvalue weighted by atomic mass is 9.93. The molecule has 0 atom stereocenters. The molecule has 5 N–H and O–H groups in total.